The van der Waals surface area contributed by atoms with Crippen molar-refractivity contribution in [3.05, 3.63) is 39.5 Å². The number of rotatable bonds is 4. The number of carbonyl (C=O) groups excluding carboxylic acids is 3. The van der Waals surface area contributed by atoms with Gasteiger partial charge in [0.1, 0.15) is 31.1 Å². The summed E-state index contributed by atoms with van der Waals surface area (Å²) in [6, 6.07) is 8.12. The van der Waals surface area contributed by atoms with Crippen LogP contribution in [0.25, 0.3) is 0 Å². The number of fused-ring (bicyclic) bond motifs is 3. The van der Waals surface area contributed by atoms with Gasteiger partial charge in [-0.15, -0.1) is 11.3 Å². The number of halogens is 1. The molecule has 5 rings (SSSR count). The minimum absolute atomic E-state index is 0.0356. The maximum Gasteiger partial charge on any atom is 0.415 e. The van der Waals surface area contributed by atoms with Crippen molar-refractivity contribution in [2.24, 2.45) is 0 Å². The molecule has 1 aromatic heterocycles. The molecule has 9 nitrogen and oxygen atoms in total. The van der Waals surface area contributed by atoms with E-state index in [0.29, 0.717) is 32.9 Å². The van der Waals surface area contributed by atoms with Crippen LogP contribution in [0.1, 0.15) is 16.6 Å². The third-order valence-electron chi connectivity index (χ3n) is 5.66. The molecule has 32 heavy (non-hydrogen) atoms. The smallest absolute Gasteiger partial charge is 0.415 e. The summed E-state index contributed by atoms with van der Waals surface area (Å²) in [5, 5.41) is 2.79. The van der Waals surface area contributed by atoms with Crippen LogP contribution < -0.4 is 19.9 Å². The summed E-state index contributed by atoms with van der Waals surface area (Å²) in [5.41, 5.74) is 1.26. The zero-order chi connectivity index (χ0) is 22.4. The van der Waals surface area contributed by atoms with Crippen LogP contribution in [0, 0.1) is 0 Å². The maximum atomic E-state index is 12.6. The highest BCUT2D eigenvalue weighted by Crippen LogP contribution is 2.41. The van der Waals surface area contributed by atoms with Crippen molar-refractivity contribution in [3.8, 4) is 5.75 Å². The lowest BCUT2D eigenvalue weighted by Crippen LogP contribution is -2.49. The molecule has 3 atom stereocenters. The van der Waals surface area contributed by atoms with E-state index in [-0.39, 0.29) is 43.7 Å². The van der Waals surface area contributed by atoms with Gasteiger partial charge in [-0.05, 0) is 31.2 Å². The third kappa shape index (κ3) is 3.68. The van der Waals surface area contributed by atoms with E-state index in [1.807, 2.05) is 6.92 Å². The quantitative estimate of drug-likeness (QED) is 0.727. The number of thiophene rings is 1. The Morgan fingerprint density at radius 2 is 2.06 bits per heavy atom. The van der Waals surface area contributed by atoms with Gasteiger partial charge < -0.3 is 24.4 Å². The van der Waals surface area contributed by atoms with Gasteiger partial charge in [0.15, 0.2) is 0 Å². The second-order valence-corrected chi connectivity index (χ2v) is 9.48. The molecule has 1 aromatic carbocycles. The van der Waals surface area contributed by atoms with Gasteiger partial charge in [0.25, 0.3) is 11.8 Å². The van der Waals surface area contributed by atoms with Gasteiger partial charge in [-0.1, -0.05) is 11.6 Å². The van der Waals surface area contributed by atoms with E-state index >= 15 is 0 Å². The maximum absolute atomic E-state index is 12.6. The molecule has 1 N–H and O–H groups in total. The molecule has 3 amide bonds. The van der Waals surface area contributed by atoms with E-state index in [9.17, 15) is 14.4 Å². The average Bonchev–Trinajstić information content (AvgIpc) is 3.35. The fourth-order valence-electron chi connectivity index (χ4n) is 4.17. The number of amides is 3. The minimum atomic E-state index is -0.560. The molecule has 2 aromatic rings. The van der Waals surface area contributed by atoms with Crippen molar-refractivity contribution in [1.29, 1.82) is 0 Å². The molecule has 0 bridgehead atoms. The summed E-state index contributed by atoms with van der Waals surface area (Å²) in [5.74, 6) is 0.100. The molecule has 0 radical (unpaired) electrons. The largest absolute Gasteiger partial charge is 0.489 e. The predicted molar refractivity (Wildman–Crippen MR) is 118 cm³/mol. The first-order valence-electron chi connectivity index (χ1n) is 10.1. The van der Waals surface area contributed by atoms with Crippen LogP contribution in [-0.4, -0.2) is 62.5 Å². The molecule has 0 unspecified atom stereocenters. The fourth-order valence-corrected chi connectivity index (χ4v) is 5.13. The Kier molecular flexibility index (Phi) is 5.44. The van der Waals surface area contributed by atoms with Crippen molar-refractivity contribution in [3.63, 3.8) is 0 Å². The lowest BCUT2D eigenvalue weighted by molar-refractivity contribution is -0.127. The lowest BCUT2D eigenvalue weighted by atomic mass is 10.1. The Morgan fingerprint density at radius 3 is 2.81 bits per heavy atom. The summed E-state index contributed by atoms with van der Waals surface area (Å²) < 4.78 is 17.3. The monoisotopic (exact) mass is 477 g/mol. The van der Waals surface area contributed by atoms with Gasteiger partial charge in [0.05, 0.1) is 34.1 Å². The number of nitrogens with one attached hydrogen (secondary N) is 1. The number of carbonyl (C=O) groups is 3. The fraction of sp³-hybridized carbons (Fsp3) is 0.381. The number of benzene rings is 1. The topological polar surface area (TPSA) is 97.4 Å². The van der Waals surface area contributed by atoms with Gasteiger partial charge in [-0.3, -0.25) is 14.5 Å². The third-order valence-corrected chi connectivity index (χ3v) is 6.89. The number of hydrogen-bond acceptors (Lipinski definition) is 7. The summed E-state index contributed by atoms with van der Waals surface area (Å²) in [6.07, 6.45) is -1.06. The van der Waals surface area contributed by atoms with Crippen LogP contribution in [0.5, 0.6) is 5.75 Å². The van der Waals surface area contributed by atoms with Crippen molar-refractivity contribution >= 4 is 52.2 Å². The summed E-state index contributed by atoms with van der Waals surface area (Å²) >= 11 is 7.06. The number of hydrogen-bond donors (Lipinski definition) is 1. The second kappa shape index (κ2) is 8.27. The first-order valence-corrected chi connectivity index (χ1v) is 11.3. The van der Waals surface area contributed by atoms with Gasteiger partial charge in [0.2, 0.25) is 0 Å². The Balaban J connectivity index is 1.31. The first kappa shape index (κ1) is 21.0. The summed E-state index contributed by atoms with van der Waals surface area (Å²) in [6.45, 7) is 2.76. The molecule has 3 aliphatic heterocycles. The number of nitrogens with zero attached hydrogens (tertiary/aromatic N) is 2. The Hall–Kier alpha value is -2.82. The van der Waals surface area contributed by atoms with E-state index in [2.05, 4.69) is 5.32 Å². The van der Waals surface area contributed by atoms with E-state index in [4.69, 9.17) is 25.8 Å². The van der Waals surface area contributed by atoms with Crippen LogP contribution in [0.4, 0.5) is 16.2 Å². The van der Waals surface area contributed by atoms with E-state index < -0.39 is 12.2 Å². The summed E-state index contributed by atoms with van der Waals surface area (Å²) in [4.78, 5) is 41.0. The SMILES string of the molecule is C[C@@H]1COCC(=O)N1c1ccc2c(c1)OC[C@H]1[C@H](CNC(=O)c3ccc(Cl)s3)OC(=O)N21. The highest BCUT2D eigenvalue weighted by Gasteiger charge is 2.46. The highest BCUT2D eigenvalue weighted by molar-refractivity contribution is 7.18. The molecule has 0 aliphatic carbocycles. The molecule has 2 fully saturated rings. The highest BCUT2D eigenvalue weighted by atomic mass is 35.5. The number of anilines is 2. The molecule has 3 aliphatic rings. The summed E-state index contributed by atoms with van der Waals surface area (Å²) in [7, 11) is 0. The molecular weight excluding hydrogens is 458 g/mol. The molecular formula is C21H20ClN3O6S. The second-order valence-electron chi connectivity index (χ2n) is 7.76. The zero-order valence-corrected chi connectivity index (χ0v) is 18.6. The Bertz CT molecular complexity index is 1090. The van der Waals surface area contributed by atoms with Crippen molar-refractivity contribution in [1.82, 2.24) is 5.32 Å². The van der Waals surface area contributed by atoms with Gasteiger partial charge >= 0.3 is 6.09 Å². The first-order chi connectivity index (χ1) is 15.4. The average molecular weight is 478 g/mol. The van der Waals surface area contributed by atoms with Crippen LogP contribution in [0.15, 0.2) is 30.3 Å². The van der Waals surface area contributed by atoms with E-state index in [1.165, 1.54) is 11.3 Å². The molecule has 2 saturated heterocycles. The van der Waals surface area contributed by atoms with Crippen LogP contribution in [0.3, 0.4) is 0 Å². The number of cyclic esters (lactones) is 1. The van der Waals surface area contributed by atoms with Gasteiger partial charge in [0, 0.05) is 11.8 Å². The van der Waals surface area contributed by atoms with Crippen LogP contribution >= 0.6 is 22.9 Å². The number of morpholine rings is 1. The normalized spacial score (nSPS) is 24.5. The molecule has 4 heterocycles. The van der Waals surface area contributed by atoms with Crippen molar-refractivity contribution < 1.29 is 28.6 Å². The molecule has 168 valence electrons. The number of ether oxygens (including phenoxy) is 3. The van der Waals surface area contributed by atoms with Gasteiger partial charge in [-0.25, -0.2) is 4.79 Å². The molecule has 0 saturated carbocycles. The van der Waals surface area contributed by atoms with Crippen molar-refractivity contribution in [2.45, 2.75) is 25.1 Å². The molecule has 0 spiro atoms. The molecule has 11 heteroatoms. The van der Waals surface area contributed by atoms with Crippen LogP contribution in [-0.2, 0) is 14.3 Å². The van der Waals surface area contributed by atoms with E-state index in [1.54, 1.807) is 40.1 Å². The standard InChI is InChI=1S/C21H20ClN3O6S/c1-11-8-29-10-19(26)24(11)12-2-3-13-15(6-12)30-9-14-16(31-21(28)25(13)14)7-23-20(27)17-4-5-18(22)32-17/h2-6,11,14,16H,7-10H2,1H3,(H,23,27)/t11-,14+,16+/m1/s1. The Morgan fingerprint density at radius 1 is 1.22 bits per heavy atom. The Labute approximate surface area is 192 Å². The predicted octanol–water partition coefficient (Wildman–Crippen LogP) is 2.67. The lowest BCUT2D eigenvalue weighted by Gasteiger charge is -2.35. The van der Waals surface area contributed by atoms with Crippen LogP contribution in [0.2, 0.25) is 4.34 Å². The van der Waals surface area contributed by atoms with E-state index in [0.717, 1.165) is 0 Å². The zero-order valence-electron chi connectivity index (χ0n) is 17.1. The van der Waals surface area contributed by atoms with Crippen molar-refractivity contribution in [2.75, 3.05) is 36.2 Å². The van der Waals surface area contributed by atoms with Gasteiger partial charge in [-0.2, -0.15) is 0 Å². The minimum Gasteiger partial charge on any atom is -0.489 e.